The predicted molar refractivity (Wildman–Crippen MR) is 128 cm³/mol. The molecule has 196 valence electrons. The highest BCUT2D eigenvalue weighted by molar-refractivity contribution is 6.01. The van der Waals surface area contributed by atoms with E-state index in [4.69, 9.17) is 9.84 Å². The number of aliphatic hydroxyl groups is 2. The monoisotopic (exact) mass is 502 g/mol. The van der Waals surface area contributed by atoms with E-state index in [2.05, 4.69) is 10.2 Å². The van der Waals surface area contributed by atoms with Crippen molar-refractivity contribution in [3.05, 3.63) is 29.3 Å². The summed E-state index contributed by atoms with van der Waals surface area (Å²) in [5.41, 5.74) is 1.79. The van der Waals surface area contributed by atoms with Gasteiger partial charge in [0.1, 0.15) is 6.23 Å². The molecule has 4 aliphatic heterocycles. The third-order valence-corrected chi connectivity index (χ3v) is 7.83. The largest absolute Gasteiger partial charge is 0.480 e. The van der Waals surface area contributed by atoms with Crippen LogP contribution < -0.4 is 10.2 Å². The Morgan fingerprint density at radius 2 is 1.67 bits per heavy atom. The van der Waals surface area contributed by atoms with Gasteiger partial charge < -0.3 is 35.2 Å². The van der Waals surface area contributed by atoms with Gasteiger partial charge >= 0.3 is 5.97 Å². The molecule has 3 unspecified atom stereocenters. The van der Waals surface area contributed by atoms with Crippen molar-refractivity contribution < 1.29 is 34.4 Å². The molecule has 3 fully saturated rings. The molecule has 0 aromatic heterocycles. The third kappa shape index (κ3) is 4.93. The number of benzene rings is 1. The number of piperidine rings is 3. The van der Waals surface area contributed by atoms with E-state index in [1.54, 1.807) is 6.07 Å². The number of amides is 2. The normalized spacial score (nSPS) is 28.3. The van der Waals surface area contributed by atoms with E-state index < -0.39 is 24.5 Å². The van der Waals surface area contributed by atoms with Crippen LogP contribution in [0.2, 0.25) is 0 Å². The van der Waals surface area contributed by atoms with Crippen molar-refractivity contribution in [3.63, 3.8) is 0 Å². The van der Waals surface area contributed by atoms with Gasteiger partial charge in [-0.2, -0.15) is 0 Å². The average molecular weight is 503 g/mol. The summed E-state index contributed by atoms with van der Waals surface area (Å²) in [4.78, 5) is 41.1. The number of likely N-dealkylation sites (tertiary alicyclic amines) is 1. The second-order valence-electron chi connectivity index (χ2n) is 10.1. The maximum absolute atomic E-state index is 13.2. The Kier molecular flexibility index (Phi) is 7.16. The van der Waals surface area contributed by atoms with Crippen LogP contribution in [0.5, 0.6) is 0 Å². The van der Waals surface area contributed by atoms with Crippen LogP contribution in [0.1, 0.15) is 60.7 Å². The topological polar surface area (TPSA) is 143 Å². The summed E-state index contributed by atoms with van der Waals surface area (Å²) in [5.74, 6) is -1.41. The van der Waals surface area contributed by atoms with Gasteiger partial charge in [0, 0.05) is 49.4 Å². The molecule has 4 N–H and O–H groups in total. The van der Waals surface area contributed by atoms with Gasteiger partial charge in [-0.15, -0.1) is 0 Å². The van der Waals surface area contributed by atoms with Gasteiger partial charge in [0.05, 0.1) is 24.8 Å². The lowest BCUT2D eigenvalue weighted by Gasteiger charge is -2.39. The molecule has 0 spiro atoms. The van der Waals surface area contributed by atoms with Gasteiger partial charge in [0.15, 0.2) is 6.23 Å². The molecule has 3 atom stereocenters. The third-order valence-electron chi connectivity index (χ3n) is 7.83. The molecule has 5 rings (SSSR count). The lowest BCUT2D eigenvalue weighted by molar-refractivity contribution is -0.139. The van der Waals surface area contributed by atoms with E-state index in [1.807, 2.05) is 17.0 Å². The van der Waals surface area contributed by atoms with Crippen molar-refractivity contribution in [2.45, 2.75) is 69.2 Å². The van der Waals surface area contributed by atoms with Crippen LogP contribution in [0.4, 0.5) is 5.69 Å². The van der Waals surface area contributed by atoms with E-state index in [0.717, 1.165) is 57.5 Å². The number of nitrogens with zero attached hydrogens (tertiary/aromatic N) is 3. The van der Waals surface area contributed by atoms with Gasteiger partial charge in [0.25, 0.3) is 5.91 Å². The molecule has 36 heavy (non-hydrogen) atoms. The highest BCUT2D eigenvalue weighted by Crippen LogP contribution is 2.42. The fraction of sp³-hybridized carbons (Fsp3) is 0.640. The molecule has 1 aromatic carbocycles. The van der Waals surface area contributed by atoms with E-state index in [0.29, 0.717) is 11.1 Å². The Morgan fingerprint density at radius 1 is 1.00 bits per heavy atom. The number of carboxylic acids is 1. The van der Waals surface area contributed by atoms with E-state index in [9.17, 15) is 24.6 Å². The Balaban J connectivity index is 1.20. The minimum atomic E-state index is -1.22. The first-order valence-corrected chi connectivity index (χ1v) is 12.8. The number of carbonyl (C=O) groups excluding carboxylic acids is 2. The lowest BCUT2D eigenvalue weighted by Crippen LogP contribution is -2.56. The Hall–Kier alpha value is -2.73. The van der Waals surface area contributed by atoms with Crippen LogP contribution in [-0.2, 0) is 14.3 Å². The maximum atomic E-state index is 13.2. The SMILES string of the molecule is O=C(O)CN1CCC(OC2CCN(c3cccc4c3C(O)N(C3CCC(=O)NC3O)C4=O)CC2)CC1. The van der Waals surface area contributed by atoms with E-state index in [1.165, 1.54) is 4.90 Å². The lowest BCUT2D eigenvalue weighted by atomic mass is 10.0. The molecule has 4 aliphatic rings. The van der Waals surface area contributed by atoms with Crippen molar-refractivity contribution >= 4 is 23.5 Å². The van der Waals surface area contributed by atoms with Crippen molar-refractivity contribution in [1.29, 1.82) is 0 Å². The summed E-state index contributed by atoms with van der Waals surface area (Å²) in [7, 11) is 0. The Labute approximate surface area is 209 Å². The van der Waals surface area contributed by atoms with Gasteiger partial charge in [0.2, 0.25) is 5.91 Å². The van der Waals surface area contributed by atoms with Crippen molar-refractivity contribution in [1.82, 2.24) is 15.1 Å². The van der Waals surface area contributed by atoms with Crippen LogP contribution in [-0.4, -0.2) is 100 Å². The molecule has 1 aromatic rings. The highest BCUT2D eigenvalue weighted by atomic mass is 16.5. The summed E-state index contributed by atoms with van der Waals surface area (Å²) in [5, 5.41) is 33.0. The van der Waals surface area contributed by atoms with Crippen LogP contribution in [0.3, 0.4) is 0 Å². The Bertz CT molecular complexity index is 1000. The minimum absolute atomic E-state index is 0.0760. The number of aliphatic hydroxyl groups excluding tert-OH is 2. The number of nitrogens with one attached hydrogen (secondary N) is 1. The predicted octanol–water partition coefficient (Wildman–Crippen LogP) is 0.265. The fourth-order valence-electron chi connectivity index (χ4n) is 5.97. The molecule has 11 heteroatoms. The van der Waals surface area contributed by atoms with Crippen molar-refractivity contribution in [2.24, 2.45) is 0 Å². The number of carboxylic acid groups (broad SMARTS) is 1. The summed E-state index contributed by atoms with van der Waals surface area (Å²) in [6.07, 6.45) is 1.63. The zero-order valence-corrected chi connectivity index (χ0v) is 20.2. The molecule has 11 nitrogen and oxygen atoms in total. The summed E-state index contributed by atoms with van der Waals surface area (Å²) >= 11 is 0. The molecular weight excluding hydrogens is 468 g/mol. The van der Waals surface area contributed by atoms with Crippen molar-refractivity contribution in [3.8, 4) is 0 Å². The quantitative estimate of drug-likeness (QED) is 0.431. The molecular formula is C25H34N4O7. The molecule has 0 bridgehead atoms. The number of fused-ring (bicyclic) bond motifs is 1. The number of ether oxygens (including phenoxy) is 1. The first-order valence-electron chi connectivity index (χ1n) is 12.8. The molecule has 0 saturated carbocycles. The number of hydrogen-bond acceptors (Lipinski definition) is 8. The average Bonchev–Trinajstić information content (AvgIpc) is 3.11. The molecule has 0 radical (unpaired) electrons. The highest BCUT2D eigenvalue weighted by Gasteiger charge is 2.45. The minimum Gasteiger partial charge on any atom is -0.480 e. The zero-order chi connectivity index (χ0) is 25.4. The van der Waals surface area contributed by atoms with Crippen LogP contribution >= 0.6 is 0 Å². The van der Waals surface area contributed by atoms with Crippen molar-refractivity contribution in [2.75, 3.05) is 37.6 Å². The summed E-state index contributed by atoms with van der Waals surface area (Å²) < 4.78 is 6.34. The fourth-order valence-corrected chi connectivity index (χ4v) is 5.97. The van der Waals surface area contributed by atoms with Gasteiger partial charge in [-0.1, -0.05) is 6.07 Å². The van der Waals surface area contributed by atoms with Crippen LogP contribution in [0.15, 0.2) is 18.2 Å². The van der Waals surface area contributed by atoms with Gasteiger partial charge in [-0.3, -0.25) is 19.3 Å². The van der Waals surface area contributed by atoms with E-state index in [-0.39, 0.29) is 43.4 Å². The second kappa shape index (κ2) is 10.3. The summed E-state index contributed by atoms with van der Waals surface area (Å²) in [6, 6.07) is 4.74. The maximum Gasteiger partial charge on any atom is 0.317 e. The smallest absolute Gasteiger partial charge is 0.317 e. The van der Waals surface area contributed by atoms with Gasteiger partial charge in [-0.05, 0) is 44.2 Å². The first kappa shape index (κ1) is 24.9. The standard InChI is InChI=1S/C25H34N4O7/c30-20-5-4-19(23(33)26-20)29-24(34)17-2-1-3-18(22(17)25(29)35)28-12-8-16(9-13-28)36-15-6-10-27(11-7-15)14-21(31)32/h1-3,15-16,19,23,25,33,35H,4-14H2,(H,26,30)(H,31,32). The number of aliphatic carboxylic acids is 1. The first-order chi connectivity index (χ1) is 17.3. The summed E-state index contributed by atoms with van der Waals surface area (Å²) in [6.45, 7) is 2.98. The number of hydrogen-bond donors (Lipinski definition) is 4. The molecule has 4 heterocycles. The zero-order valence-electron chi connectivity index (χ0n) is 20.2. The van der Waals surface area contributed by atoms with E-state index >= 15 is 0 Å². The van der Waals surface area contributed by atoms with Gasteiger partial charge in [-0.25, -0.2) is 0 Å². The van der Waals surface area contributed by atoms with Crippen LogP contribution in [0, 0.1) is 0 Å². The van der Waals surface area contributed by atoms with Crippen LogP contribution in [0.25, 0.3) is 0 Å². The number of rotatable bonds is 6. The molecule has 2 amide bonds. The number of anilines is 1. The second-order valence-corrected chi connectivity index (χ2v) is 10.1. The Morgan fingerprint density at radius 3 is 2.31 bits per heavy atom. The molecule has 3 saturated heterocycles. The molecule has 0 aliphatic carbocycles. The number of carbonyl (C=O) groups is 3.